The monoisotopic (exact) mass is 392 g/mol. The van der Waals surface area contributed by atoms with Crippen LogP contribution in [0.15, 0.2) is 16.7 Å². The Morgan fingerprint density at radius 2 is 2.00 bits per heavy atom. The molecule has 0 bridgehead atoms. The van der Waals surface area contributed by atoms with Gasteiger partial charge in [-0.05, 0) is 33.1 Å². The lowest BCUT2D eigenvalue weighted by Crippen LogP contribution is -2.50. The largest absolute Gasteiger partial charge is 0.394 e. The summed E-state index contributed by atoms with van der Waals surface area (Å²) in [6, 6.07) is -0.958. The predicted octanol–water partition coefficient (Wildman–Crippen LogP) is 1.50. The average molecular weight is 392 g/mol. The molecule has 3 amide bonds. The minimum atomic E-state index is -0.625. The molecule has 154 valence electrons. The van der Waals surface area contributed by atoms with E-state index in [1.807, 2.05) is 4.90 Å². The second kappa shape index (κ2) is 9.20. The zero-order valence-electron chi connectivity index (χ0n) is 16.3. The second-order valence-electron chi connectivity index (χ2n) is 7.25. The van der Waals surface area contributed by atoms with E-state index in [9.17, 15) is 14.7 Å². The smallest absolute Gasteiger partial charge is 0.319 e. The number of aliphatic hydroxyl groups excluding tert-OH is 1. The predicted molar refractivity (Wildman–Crippen MR) is 102 cm³/mol. The van der Waals surface area contributed by atoms with Gasteiger partial charge >= 0.3 is 6.03 Å². The van der Waals surface area contributed by atoms with Crippen LogP contribution in [0.4, 0.5) is 10.5 Å². The number of aliphatic hydroxyl groups is 1. The van der Waals surface area contributed by atoms with Crippen LogP contribution >= 0.6 is 0 Å². The lowest BCUT2D eigenvalue weighted by atomic mass is 10.0. The number of amides is 3. The van der Waals surface area contributed by atoms with Gasteiger partial charge in [0, 0.05) is 13.1 Å². The molecule has 9 nitrogen and oxygen atoms in total. The molecule has 1 aromatic heterocycles. The number of hydrogen-bond acceptors (Lipinski definition) is 6. The van der Waals surface area contributed by atoms with Gasteiger partial charge in [0.2, 0.25) is 5.91 Å². The summed E-state index contributed by atoms with van der Waals surface area (Å²) in [6.45, 7) is 4.76. The Kier molecular flexibility index (Phi) is 6.69. The van der Waals surface area contributed by atoms with Crippen molar-refractivity contribution in [3.05, 3.63) is 23.6 Å². The molecule has 3 N–H and O–H groups in total. The van der Waals surface area contributed by atoms with E-state index < -0.39 is 24.3 Å². The molecule has 1 aromatic rings. The standard InChI is InChI=1S/C19H28N4O5/c1-12-18(13(2)28-22-12)21-19(26)20-15-7-6-14(27-16(15)11-24)10-17(25)23-8-4-3-5-9-23/h6-7,14-16,24H,3-5,8-11H2,1-2H3,(H2,20,21,26)/t14-,15+,16-/m0/s1. The number of ether oxygens (including phenoxy) is 1. The van der Waals surface area contributed by atoms with Gasteiger partial charge in [0.15, 0.2) is 5.76 Å². The van der Waals surface area contributed by atoms with Crippen molar-refractivity contribution in [2.45, 2.75) is 57.8 Å². The van der Waals surface area contributed by atoms with E-state index in [4.69, 9.17) is 9.26 Å². The minimum absolute atomic E-state index is 0.0635. The number of aromatic nitrogens is 1. The van der Waals surface area contributed by atoms with Crippen LogP contribution in [0.2, 0.25) is 0 Å². The molecular weight excluding hydrogens is 364 g/mol. The van der Waals surface area contributed by atoms with Crippen LogP contribution in [0.25, 0.3) is 0 Å². The first-order valence-electron chi connectivity index (χ1n) is 9.70. The molecule has 0 radical (unpaired) electrons. The normalized spacial score (nSPS) is 24.8. The Bertz CT molecular complexity index is 706. The molecule has 0 spiro atoms. The van der Waals surface area contributed by atoms with Crippen molar-refractivity contribution >= 4 is 17.6 Å². The van der Waals surface area contributed by atoms with E-state index in [1.165, 1.54) is 6.42 Å². The van der Waals surface area contributed by atoms with Gasteiger partial charge in [-0.25, -0.2) is 4.79 Å². The lowest BCUT2D eigenvalue weighted by Gasteiger charge is -2.33. The summed E-state index contributed by atoms with van der Waals surface area (Å²) < 4.78 is 10.9. The zero-order valence-corrected chi connectivity index (χ0v) is 16.3. The average Bonchev–Trinajstić information content (AvgIpc) is 3.01. The summed E-state index contributed by atoms with van der Waals surface area (Å²) in [7, 11) is 0. The number of nitrogens with one attached hydrogen (secondary N) is 2. The molecule has 2 aliphatic heterocycles. The number of hydrogen-bond donors (Lipinski definition) is 3. The molecule has 3 atom stereocenters. The Labute approximate surface area is 164 Å². The third-order valence-corrected chi connectivity index (χ3v) is 5.12. The Morgan fingerprint density at radius 1 is 1.25 bits per heavy atom. The molecule has 2 aliphatic rings. The highest BCUT2D eigenvalue weighted by atomic mass is 16.5. The second-order valence-corrected chi connectivity index (χ2v) is 7.25. The van der Waals surface area contributed by atoms with E-state index in [0.29, 0.717) is 17.1 Å². The molecule has 0 saturated carbocycles. The Balaban J connectivity index is 1.55. The van der Waals surface area contributed by atoms with Crippen LogP contribution < -0.4 is 10.6 Å². The third kappa shape index (κ3) is 4.90. The quantitative estimate of drug-likeness (QED) is 0.654. The van der Waals surface area contributed by atoms with E-state index in [-0.39, 0.29) is 18.9 Å². The number of anilines is 1. The van der Waals surface area contributed by atoms with Gasteiger partial charge in [0.25, 0.3) is 0 Å². The van der Waals surface area contributed by atoms with Gasteiger partial charge in [0.1, 0.15) is 17.5 Å². The minimum Gasteiger partial charge on any atom is -0.394 e. The molecule has 1 saturated heterocycles. The van der Waals surface area contributed by atoms with Crippen molar-refractivity contribution in [3.63, 3.8) is 0 Å². The molecule has 0 unspecified atom stereocenters. The maximum Gasteiger partial charge on any atom is 0.319 e. The Morgan fingerprint density at radius 3 is 2.64 bits per heavy atom. The number of urea groups is 1. The van der Waals surface area contributed by atoms with Gasteiger partial charge < -0.3 is 29.9 Å². The van der Waals surface area contributed by atoms with Gasteiger partial charge in [-0.2, -0.15) is 0 Å². The van der Waals surface area contributed by atoms with Gasteiger partial charge in [-0.1, -0.05) is 17.3 Å². The van der Waals surface area contributed by atoms with Crippen molar-refractivity contribution < 1.29 is 24.0 Å². The summed E-state index contributed by atoms with van der Waals surface area (Å²) in [6.07, 6.45) is 6.00. The van der Waals surface area contributed by atoms with Crippen LogP contribution in [-0.2, 0) is 9.53 Å². The number of likely N-dealkylation sites (tertiary alicyclic amines) is 1. The first kappa shape index (κ1) is 20.3. The molecule has 3 heterocycles. The van der Waals surface area contributed by atoms with Crippen LogP contribution in [0, 0.1) is 13.8 Å². The summed E-state index contributed by atoms with van der Waals surface area (Å²) in [5.74, 6) is 0.576. The van der Waals surface area contributed by atoms with Crippen molar-refractivity contribution in [1.82, 2.24) is 15.4 Å². The lowest BCUT2D eigenvalue weighted by molar-refractivity contribution is -0.136. The number of carbonyl (C=O) groups is 2. The highest BCUT2D eigenvalue weighted by Gasteiger charge is 2.30. The van der Waals surface area contributed by atoms with E-state index >= 15 is 0 Å². The number of rotatable bonds is 5. The summed E-state index contributed by atoms with van der Waals surface area (Å²) >= 11 is 0. The maximum atomic E-state index is 12.4. The summed E-state index contributed by atoms with van der Waals surface area (Å²) in [5.41, 5.74) is 1.10. The number of piperidine rings is 1. The fraction of sp³-hybridized carbons (Fsp3) is 0.632. The fourth-order valence-electron chi connectivity index (χ4n) is 3.54. The highest BCUT2D eigenvalue weighted by molar-refractivity contribution is 5.90. The summed E-state index contributed by atoms with van der Waals surface area (Å²) in [5, 5.41) is 18.9. The fourth-order valence-corrected chi connectivity index (χ4v) is 3.54. The molecule has 9 heteroatoms. The highest BCUT2D eigenvalue weighted by Crippen LogP contribution is 2.20. The molecular formula is C19H28N4O5. The topological polar surface area (TPSA) is 117 Å². The Hall–Kier alpha value is -2.39. The van der Waals surface area contributed by atoms with Crippen LogP contribution in [0.1, 0.15) is 37.1 Å². The molecule has 0 aromatic carbocycles. The van der Waals surface area contributed by atoms with Crippen molar-refractivity contribution in [2.24, 2.45) is 0 Å². The number of nitrogens with zero attached hydrogens (tertiary/aromatic N) is 2. The number of aryl methyl sites for hydroxylation is 2. The van der Waals surface area contributed by atoms with Crippen molar-refractivity contribution in [3.8, 4) is 0 Å². The van der Waals surface area contributed by atoms with Crippen molar-refractivity contribution in [2.75, 3.05) is 25.0 Å². The van der Waals surface area contributed by atoms with Gasteiger partial charge in [0.05, 0.1) is 25.2 Å². The van der Waals surface area contributed by atoms with Gasteiger partial charge in [-0.3, -0.25) is 4.79 Å². The van der Waals surface area contributed by atoms with E-state index in [0.717, 1.165) is 25.9 Å². The van der Waals surface area contributed by atoms with E-state index in [2.05, 4.69) is 15.8 Å². The molecule has 1 fully saturated rings. The molecule has 28 heavy (non-hydrogen) atoms. The van der Waals surface area contributed by atoms with Gasteiger partial charge in [-0.15, -0.1) is 0 Å². The number of carbonyl (C=O) groups excluding carboxylic acids is 2. The SMILES string of the molecule is Cc1noc(C)c1NC(=O)N[C@@H]1C=C[C@@H](CC(=O)N2CCCCC2)O[C@H]1CO. The van der Waals surface area contributed by atoms with Crippen LogP contribution in [0.5, 0.6) is 0 Å². The molecule has 3 rings (SSSR count). The molecule has 0 aliphatic carbocycles. The van der Waals surface area contributed by atoms with Crippen LogP contribution in [-0.4, -0.2) is 65.0 Å². The maximum absolute atomic E-state index is 12.4. The third-order valence-electron chi connectivity index (χ3n) is 5.12. The van der Waals surface area contributed by atoms with Crippen molar-refractivity contribution in [1.29, 1.82) is 0 Å². The first-order valence-corrected chi connectivity index (χ1v) is 9.70. The first-order chi connectivity index (χ1) is 13.5. The van der Waals surface area contributed by atoms with Crippen LogP contribution in [0.3, 0.4) is 0 Å². The summed E-state index contributed by atoms with van der Waals surface area (Å²) in [4.78, 5) is 26.6. The zero-order chi connectivity index (χ0) is 20.1. The van der Waals surface area contributed by atoms with E-state index in [1.54, 1.807) is 26.0 Å².